The number of para-hydroxylation sites is 1. The van der Waals surface area contributed by atoms with Gasteiger partial charge >= 0.3 is 6.09 Å². The summed E-state index contributed by atoms with van der Waals surface area (Å²) in [5, 5.41) is 3.14. The van der Waals surface area contributed by atoms with Crippen molar-refractivity contribution in [3.63, 3.8) is 0 Å². The highest BCUT2D eigenvalue weighted by atomic mass is 32.2. The van der Waals surface area contributed by atoms with Crippen molar-refractivity contribution in [2.24, 2.45) is 0 Å². The lowest BCUT2D eigenvalue weighted by molar-refractivity contribution is 0.207. The van der Waals surface area contributed by atoms with Crippen molar-refractivity contribution in [3.05, 3.63) is 48.5 Å². The van der Waals surface area contributed by atoms with Crippen LogP contribution >= 0.6 is 11.8 Å². The lowest BCUT2D eigenvalue weighted by Crippen LogP contribution is -2.33. The number of benzene rings is 2. The van der Waals surface area contributed by atoms with Crippen molar-refractivity contribution in [2.45, 2.75) is 9.79 Å². The largest absolute Gasteiger partial charge is 0.426 e. The van der Waals surface area contributed by atoms with E-state index in [1.807, 2.05) is 10.8 Å². The Bertz CT molecular complexity index is 823. The van der Waals surface area contributed by atoms with E-state index in [4.69, 9.17) is 4.74 Å². The predicted molar refractivity (Wildman–Crippen MR) is 88.4 cm³/mol. The molecule has 0 fully saturated rings. The number of sulfonamides is 1. The molecule has 3 rings (SSSR count). The van der Waals surface area contributed by atoms with E-state index in [9.17, 15) is 13.2 Å². The Morgan fingerprint density at radius 1 is 1.13 bits per heavy atom. The number of nitrogens with one attached hydrogen (secondary N) is 2. The zero-order chi connectivity index (χ0) is 16.3. The number of thioether (sulfide) groups is 1. The molecule has 1 heterocycles. The van der Waals surface area contributed by atoms with E-state index in [1.54, 1.807) is 36.4 Å². The summed E-state index contributed by atoms with van der Waals surface area (Å²) in [6, 6.07) is 13.2. The SMILES string of the molecule is O=C(NS(=O)(=O)c1cccc2c1SCCN2)Oc1ccccc1. The summed E-state index contributed by atoms with van der Waals surface area (Å²) in [5.74, 6) is 1.03. The van der Waals surface area contributed by atoms with Gasteiger partial charge in [0.25, 0.3) is 10.0 Å². The van der Waals surface area contributed by atoms with Gasteiger partial charge in [-0.05, 0) is 24.3 Å². The van der Waals surface area contributed by atoms with Gasteiger partial charge < -0.3 is 10.1 Å². The number of amides is 1. The monoisotopic (exact) mass is 350 g/mol. The van der Waals surface area contributed by atoms with Crippen molar-refractivity contribution in [3.8, 4) is 5.75 Å². The van der Waals surface area contributed by atoms with Gasteiger partial charge in [-0.25, -0.2) is 17.9 Å². The maximum Gasteiger partial charge on any atom is 0.426 e. The minimum absolute atomic E-state index is 0.0669. The van der Waals surface area contributed by atoms with Crippen LogP contribution in [-0.4, -0.2) is 26.8 Å². The normalized spacial score (nSPS) is 13.6. The summed E-state index contributed by atoms with van der Waals surface area (Å²) in [6.07, 6.45) is -1.04. The highest BCUT2D eigenvalue weighted by Crippen LogP contribution is 2.36. The van der Waals surface area contributed by atoms with Gasteiger partial charge in [-0.2, -0.15) is 0 Å². The number of hydrogen-bond donors (Lipinski definition) is 2. The van der Waals surface area contributed by atoms with Crippen LogP contribution in [0.25, 0.3) is 0 Å². The van der Waals surface area contributed by atoms with Crippen molar-refractivity contribution in [1.82, 2.24) is 4.72 Å². The number of rotatable bonds is 3. The smallest absolute Gasteiger partial charge is 0.410 e. The molecule has 2 N–H and O–H groups in total. The molecule has 6 nitrogen and oxygen atoms in total. The Labute approximate surface area is 138 Å². The standard InChI is InChI=1S/C15H14N2O4S2/c18-15(21-11-5-2-1-3-6-11)17-23(19,20)13-8-4-7-12-14(13)22-10-9-16-12/h1-8,16H,9-10H2,(H,17,18). The zero-order valence-corrected chi connectivity index (χ0v) is 13.6. The number of fused-ring (bicyclic) bond motifs is 1. The van der Waals surface area contributed by atoms with E-state index in [0.717, 1.165) is 18.0 Å². The van der Waals surface area contributed by atoms with Crippen LogP contribution in [0, 0.1) is 0 Å². The zero-order valence-electron chi connectivity index (χ0n) is 12.0. The van der Waals surface area contributed by atoms with Gasteiger partial charge in [-0.1, -0.05) is 24.3 Å². The van der Waals surface area contributed by atoms with Crippen LogP contribution in [0.15, 0.2) is 58.3 Å². The van der Waals surface area contributed by atoms with Crippen LogP contribution in [0.1, 0.15) is 0 Å². The Kier molecular flexibility index (Phi) is 4.44. The number of ether oxygens (including phenoxy) is 1. The van der Waals surface area contributed by atoms with E-state index in [0.29, 0.717) is 4.90 Å². The third-order valence-corrected chi connectivity index (χ3v) is 5.72. The molecule has 0 aromatic heterocycles. The molecule has 0 unspecified atom stereocenters. The fourth-order valence-electron chi connectivity index (χ4n) is 2.14. The van der Waals surface area contributed by atoms with E-state index in [2.05, 4.69) is 5.32 Å². The first-order chi connectivity index (χ1) is 11.1. The molecule has 0 bridgehead atoms. The molecule has 1 amide bonds. The quantitative estimate of drug-likeness (QED) is 0.885. The summed E-state index contributed by atoms with van der Waals surface area (Å²) in [6.45, 7) is 0.768. The molecular weight excluding hydrogens is 336 g/mol. The fraction of sp³-hybridized carbons (Fsp3) is 0.133. The fourth-order valence-corrected chi connectivity index (χ4v) is 4.54. The van der Waals surface area contributed by atoms with Crippen molar-refractivity contribution < 1.29 is 17.9 Å². The average Bonchev–Trinajstić information content (AvgIpc) is 2.54. The molecule has 0 saturated heterocycles. The Morgan fingerprint density at radius 2 is 1.91 bits per heavy atom. The van der Waals surface area contributed by atoms with Crippen LogP contribution in [-0.2, 0) is 10.0 Å². The second kappa shape index (κ2) is 6.51. The van der Waals surface area contributed by atoms with Gasteiger partial charge in [0, 0.05) is 18.0 Å². The van der Waals surface area contributed by atoms with E-state index < -0.39 is 16.1 Å². The molecule has 0 radical (unpaired) electrons. The molecule has 2 aromatic rings. The summed E-state index contributed by atoms with van der Waals surface area (Å²) in [5.41, 5.74) is 0.751. The molecule has 0 aliphatic carbocycles. The van der Waals surface area contributed by atoms with Gasteiger partial charge in [0.05, 0.1) is 4.90 Å². The molecular formula is C15H14N2O4S2. The summed E-state index contributed by atoms with van der Waals surface area (Å²) in [7, 11) is -4.01. The van der Waals surface area contributed by atoms with Crippen LogP contribution in [0.2, 0.25) is 0 Å². The van der Waals surface area contributed by atoms with Crippen LogP contribution in [0.3, 0.4) is 0 Å². The molecule has 0 atom stereocenters. The Hall–Kier alpha value is -2.19. The van der Waals surface area contributed by atoms with Crippen LogP contribution < -0.4 is 14.8 Å². The third kappa shape index (κ3) is 3.59. The number of carbonyl (C=O) groups is 1. The summed E-state index contributed by atoms with van der Waals surface area (Å²) < 4.78 is 31.8. The lowest BCUT2D eigenvalue weighted by Gasteiger charge is -2.20. The van der Waals surface area contributed by atoms with Crippen molar-refractivity contribution >= 4 is 33.6 Å². The Balaban J connectivity index is 1.81. The minimum Gasteiger partial charge on any atom is -0.410 e. The van der Waals surface area contributed by atoms with E-state index >= 15 is 0 Å². The minimum atomic E-state index is -4.01. The van der Waals surface area contributed by atoms with Gasteiger partial charge in [-0.15, -0.1) is 11.8 Å². The molecule has 1 aliphatic rings. The Morgan fingerprint density at radius 3 is 2.70 bits per heavy atom. The molecule has 1 aliphatic heterocycles. The third-order valence-electron chi connectivity index (χ3n) is 3.10. The average molecular weight is 350 g/mol. The van der Waals surface area contributed by atoms with E-state index in [-0.39, 0.29) is 10.6 Å². The first-order valence-corrected chi connectivity index (χ1v) is 9.32. The van der Waals surface area contributed by atoms with Crippen LogP contribution in [0.5, 0.6) is 5.75 Å². The van der Waals surface area contributed by atoms with Gasteiger partial charge in [0.2, 0.25) is 0 Å². The van der Waals surface area contributed by atoms with Crippen molar-refractivity contribution in [1.29, 1.82) is 0 Å². The van der Waals surface area contributed by atoms with Crippen molar-refractivity contribution in [2.75, 3.05) is 17.6 Å². The summed E-state index contributed by atoms with van der Waals surface area (Å²) >= 11 is 1.44. The maximum atomic E-state index is 12.5. The maximum absolute atomic E-state index is 12.5. The highest BCUT2D eigenvalue weighted by molar-refractivity contribution is 8.00. The first-order valence-electron chi connectivity index (χ1n) is 6.86. The molecule has 23 heavy (non-hydrogen) atoms. The molecule has 0 spiro atoms. The van der Waals surface area contributed by atoms with E-state index in [1.165, 1.54) is 17.8 Å². The highest BCUT2D eigenvalue weighted by Gasteiger charge is 2.25. The molecule has 2 aromatic carbocycles. The molecule has 0 saturated carbocycles. The first kappa shape index (κ1) is 15.7. The molecule has 120 valence electrons. The van der Waals surface area contributed by atoms with Gasteiger partial charge in [0.15, 0.2) is 0 Å². The molecule has 8 heteroatoms. The second-order valence-corrected chi connectivity index (χ2v) is 7.47. The number of carbonyl (C=O) groups excluding carboxylic acids is 1. The predicted octanol–water partition coefficient (Wildman–Crippen LogP) is 2.68. The van der Waals surface area contributed by atoms with Gasteiger partial charge in [-0.3, -0.25) is 0 Å². The topological polar surface area (TPSA) is 84.5 Å². The summed E-state index contributed by atoms with van der Waals surface area (Å²) in [4.78, 5) is 12.5. The van der Waals surface area contributed by atoms with Gasteiger partial charge in [0.1, 0.15) is 10.6 Å². The second-order valence-electron chi connectivity index (χ2n) is 4.72. The lowest BCUT2D eigenvalue weighted by atomic mass is 10.3. The number of anilines is 1. The van der Waals surface area contributed by atoms with Crippen LogP contribution in [0.4, 0.5) is 10.5 Å². The number of hydrogen-bond acceptors (Lipinski definition) is 6.